The van der Waals surface area contributed by atoms with Gasteiger partial charge >= 0.3 is 0 Å². The Morgan fingerprint density at radius 2 is 2.24 bits per heavy atom. The molecule has 1 atom stereocenters. The summed E-state index contributed by atoms with van der Waals surface area (Å²) in [5.74, 6) is -0.392. The topological polar surface area (TPSA) is 33.2 Å². The van der Waals surface area contributed by atoms with Gasteiger partial charge < -0.3 is 4.90 Å². The smallest absolute Gasteiger partial charge is 0.256 e. The van der Waals surface area contributed by atoms with Crippen LogP contribution in [0.4, 0.5) is 4.39 Å². The summed E-state index contributed by atoms with van der Waals surface area (Å²) in [6, 6.07) is 1.43. The van der Waals surface area contributed by atoms with Gasteiger partial charge in [-0.3, -0.25) is 9.78 Å². The lowest BCUT2D eigenvalue weighted by molar-refractivity contribution is 0.0736. The number of carbonyl (C=O) groups is 1. The van der Waals surface area contributed by atoms with Crippen molar-refractivity contribution < 1.29 is 9.18 Å². The number of nitrogens with zero attached hydrogens (tertiary/aromatic N) is 2. The maximum Gasteiger partial charge on any atom is 0.256 e. The van der Waals surface area contributed by atoms with E-state index >= 15 is 0 Å². The number of hydrogen-bond donors (Lipinski definition) is 0. The minimum atomic E-state index is -0.555. The number of aromatic nitrogens is 1. The number of carbonyl (C=O) groups excluding carboxylic acids is 1. The maximum atomic E-state index is 13.4. The molecule has 4 heteroatoms. The van der Waals surface area contributed by atoms with Crippen LogP contribution in [0.1, 0.15) is 37.6 Å². The van der Waals surface area contributed by atoms with Crippen molar-refractivity contribution in [2.45, 2.75) is 27.2 Å². The first-order valence-corrected chi connectivity index (χ1v) is 5.98. The minimum Gasteiger partial charge on any atom is -0.339 e. The highest BCUT2D eigenvalue weighted by molar-refractivity contribution is 5.94. The fourth-order valence-electron chi connectivity index (χ4n) is 1.58. The molecule has 0 aliphatic carbocycles. The SMILES string of the molecule is CCC(C)CN(CC)C(=O)c1ccncc1F. The molecule has 0 bridgehead atoms. The summed E-state index contributed by atoms with van der Waals surface area (Å²) in [6.07, 6.45) is 3.51. The van der Waals surface area contributed by atoms with Crippen LogP contribution in [0.2, 0.25) is 0 Å². The number of hydrogen-bond acceptors (Lipinski definition) is 2. The van der Waals surface area contributed by atoms with Gasteiger partial charge in [-0.25, -0.2) is 4.39 Å². The van der Waals surface area contributed by atoms with Gasteiger partial charge in [-0.2, -0.15) is 0 Å². The molecule has 0 aromatic carbocycles. The largest absolute Gasteiger partial charge is 0.339 e. The molecule has 17 heavy (non-hydrogen) atoms. The van der Waals surface area contributed by atoms with Crippen LogP contribution in [0.15, 0.2) is 18.5 Å². The van der Waals surface area contributed by atoms with Gasteiger partial charge in [0.15, 0.2) is 5.82 Å². The molecule has 3 nitrogen and oxygen atoms in total. The second-order valence-electron chi connectivity index (χ2n) is 4.21. The number of rotatable bonds is 5. The zero-order valence-corrected chi connectivity index (χ0v) is 10.6. The molecule has 1 aromatic rings. The van der Waals surface area contributed by atoms with Crippen LogP contribution < -0.4 is 0 Å². The summed E-state index contributed by atoms with van der Waals surface area (Å²) in [4.78, 5) is 17.4. The third-order valence-corrected chi connectivity index (χ3v) is 2.90. The predicted molar refractivity (Wildman–Crippen MR) is 65.2 cm³/mol. The van der Waals surface area contributed by atoms with Gasteiger partial charge in [-0.05, 0) is 18.9 Å². The maximum absolute atomic E-state index is 13.4. The van der Waals surface area contributed by atoms with Crippen molar-refractivity contribution in [3.8, 4) is 0 Å². The minimum absolute atomic E-state index is 0.102. The van der Waals surface area contributed by atoms with E-state index in [-0.39, 0.29) is 11.5 Å². The van der Waals surface area contributed by atoms with Crippen molar-refractivity contribution in [2.75, 3.05) is 13.1 Å². The second kappa shape index (κ2) is 6.33. The van der Waals surface area contributed by atoms with E-state index in [1.807, 2.05) is 6.92 Å². The van der Waals surface area contributed by atoms with Gasteiger partial charge in [-0.15, -0.1) is 0 Å². The first-order valence-electron chi connectivity index (χ1n) is 5.98. The Morgan fingerprint density at radius 1 is 1.53 bits per heavy atom. The first-order chi connectivity index (χ1) is 8.10. The van der Waals surface area contributed by atoms with Crippen LogP contribution in [0.5, 0.6) is 0 Å². The molecule has 0 aliphatic heterocycles. The number of pyridine rings is 1. The molecular weight excluding hydrogens is 219 g/mol. The molecular formula is C13H19FN2O. The zero-order chi connectivity index (χ0) is 12.8. The molecule has 94 valence electrons. The van der Waals surface area contributed by atoms with Crippen molar-refractivity contribution in [1.29, 1.82) is 0 Å². The lowest BCUT2D eigenvalue weighted by atomic mass is 10.1. The Hall–Kier alpha value is -1.45. The highest BCUT2D eigenvalue weighted by atomic mass is 19.1. The summed E-state index contributed by atoms with van der Waals surface area (Å²) in [7, 11) is 0. The second-order valence-corrected chi connectivity index (χ2v) is 4.21. The molecule has 0 aliphatic rings. The van der Waals surface area contributed by atoms with Crippen LogP contribution in [0, 0.1) is 11.7 Å². The van der Waals surface area contributed by atoms with E-state index in [1.54, 1.807) is 4.90 Å². The highest BCUT2D eigenvalue weighted by Crippen LogP contribution is 2.11. The molecule has 0 N–H and O–H groups in total. The standard InChI is InChI=1S/C13H19FN2O/c1-4-10(3)9-16(5-2)13(17)11-6-7-15-8-12(11)14/h6-8,10H,4-5,9H2,1-3H3. The number of halogens is 1. The Kier molecular flexibility index (Phi) is 5.07. The monoisotopic (exact) mass is 238 g/mol. The normalized spacial score (nSPS) is 12.2. The highest BCUT2D eigenvalue weighted by Gasteiger charge is 2.19. The van der Waals surface area contributed by atoms with E-state index < -0.39 is 5.82 Å². The van der Waals surface area contributed by atoms with Gasteiger partial charge in [0, 0.05) is 19.3 Å². The van der Waals surface area contributed by atoms with Crippen molar-refractivity contribution in [3.05, 3.63) is 29.8 Å². The average molecular weight is 238 g/mol. The Balaban J connectivity index is 2.83. The van der Waals surface area contributed by atoms with Crippen LogP contribution >= 0.6 is 0 Å². The van der Waals surface area contributed by atoms with Crippen molar-refractivity contribution in [1.82, 2.24) is 9.88 Å². The Bertz CT molecular complexity index is 381. The molecule has 0 radical (unpaired) electrons. The lowest BCUT2D eigenvalue weighted by Gasteiger charge is -2.24. The van der Waals surface area contributed by atoms with Crippen molar-refractivity contribution in [2.24, 2.45) is 5.92 Å². The van der Waals surface area contributed by atoms with Crippen molar-refractivity contribution in [3.63, 3.8) is 0 Å². The van der Waals surface area contributed by atoms with Gasteiger partial charge in [0.25, 0.3) is 5.91 Å². The molecule has 0 spiro atoms. The molecule has 0 saturated carbocycles. The van der Waals surface area contributed by atoms with Gasteiger partial charge in [0.2, 0.25) is 0 Å². The summed E-state index contributed by atoms with van der Waals surface area (Å²) < 4.78 is 13.4. The molecule has 0 fully saturated rings. The zero-order valence-electron chi connectivity index (χ0n) is 10.6. The predicted octanol–water partition coefficient (Wildman–Crippen LogP) is 2.73. The molecule has 1 aromatic heterocycles. The average Bonchev–Trinajstić information content (AvgIpc) is 2.35. The van der Waals surface area contributed by atoms with Crippen LogP contribution in [-0.2, 0) is 0 Å². The lowest BCUT2D eigenvalue weighted by Crippen LogP contribution is -2.35. The van der Waals surface area contributed by atoms with Crippen molar-refractivity contribution >= 4 is 5.91 Å². The number of amides is 1. The third kappa shape index (κ3) is 3.51. The molecule has 1 rings (SSSR count). The van der Waals surface area contributed by atoms with Crippen LogP contribution in [0.25, 0.3) is 0 Å². The Labute approximate surface area is 102 Å². The molecule has 1 heterocycles. The summed E-state index contributed by atoms with van der Waals surface area (Å²) in [5.41, 5.74) is 0.102. The van der Waals surface area contributed by atoms with E-state index in [4.69, 9.17) is 0 Å². The van der Waals surface area contributed by atoms with E-state index in [9.17, 15) is 9.18 Å². The summed E-state index contributed by atoms with van der Waals surface area (Å²) >= 11 is 0. The van der Waals surface area contributed by atoms with Gasteiger partial charge in [0.05, 0.1) is 11.8 Å². The van der Waals surface area contributed by atoms with E-state index in [1.165, 1.54) is 12.3 Å². The summed E-state index contributed by atoms with van der Waals surface area (Å²) in [6.45, 7) is 7.31. The van der Waals surface area contributed by atoms with E-state index in [0.29, 0.717) is 19.0 Å². The van der Waals surface area contributed by atoms with E-state index in [0.717, 1.165) is 12.6 Å². The van der Waals surface area contributed by atoms with Crippen LogP contribution in [-0.4, -0.2) is 28.9 Å². The quantitative estimate of drug-likeness (QED) is 0.790. The van der Waals surface area contributed by atoms with E-state index in [2.05, 4.69) is 18.8 Å². The fraction of sp³-hybridized carbons (Fsp3) is 0.538. The Morgan fingerprint density at radius 3 is 2.76 bits per heavy atom. The van der Waals surface area contributed by atoms with Gasteiger partial charge in [-0.1, -0.05) is 20.3 Å². The molecule has 1 unspecified atom stereocenters. The molecule has 1 amide bonds. The first kappa shape index (κ1) is 13.6. The van der Waals surface area contributed by atoms with Gasteiger partial charge in [0.1, 0.15) is 0 Å². The third-order valence-electron chi connectivity index (χ3n) is 2.90. The molecule has 0 saturated heterocycles. The summed E-state index contributed by atoms with van der Waals surface area (Å²) in [5, 5.41) is 0. The van der Waals surface area contributed by atoms with Crippen LogP contribution in [0.3, 0.4) is 0 Å². The fourth-order valence-corrected chi connectivity index (χ4v) is 1.58.